The first-order valence-electron chi connectivity index (χ1n) is 4.99. The number of nitrogen functional groups attached to an aromatic ring is 1. The fourth-order valence-corrected chi connectivity index (χ4v) is 1.39. The smallest absolute Gasteiger partial charge is 0.169 e. The number of rotatable bonds is 2. The Hall–Kier alpha value is -2.68. The second-order valence-electron chi connectivity index (χ2n) is 3.47. The first-order valence-corrected chi connectivity index (χ1v) is 4.99. The third kappa shape index (κ3) is 2.20. The quantitative estimate of drug-likeness (QED) is 0.853. The standard InChI is InChI=1S/C12H8F2N4/c13-8-5-9(14)12(18-11(8)16)17-10-4-2-1-3-7(10)6-15/h1-5H,(H3,16,17,18). The molecular formula is C12H8F2N4. The monoisotopic (exact) mass is 246 g/mol. The number of halogens is 2. The Labute approximate surface area is 102 Å². The number of nitriles is 1. The topological polar surface area (TPSA) is 74.7 Å². The van der Waals surface area contributed by atoms with E-state index in [1.165, 1.54) is 0 Å². The summed E-state index contributed by atoms with van der Waals surface area (Å²) in [4.78, 5) is 3.55. The molecule has 0 saturated heterocycles. The van der Waals surface area contributed by atoms with Gasteiger partial charge in [0, 0.05) is 6.07 Å². The van der Waals surface area contributed by atoms with Gasteiger partial charge in [-0.05, 0) is 12.1 Å². The van der Waals surface area contributed by atoms with Gasteiger partial charge in [-0.1, -0.05) is 12.1 Å². The highest BCUT2D eigenvalue weighted by Crippen LogP contribution is 2.23. The lowest BCUT2D eigenvalue weighted by atomic mass is 10.2. The zero-order valence-corrected chi connectivity index (χ0v) is 9.11. The van der Waals surface area contributed by atoms with Crippen LogP contribution < -0.4 is 11.1 Å². The SMILES string of the molecule is N#Cc1ccccc1Nc1nc(N)c(F)cc1F. The summed E-state index contributed by atoms with van der Waals surface area (Å²) < 4.78 is 26.4. The summed E-state index contributed by atoms with van der Waals surface area (Å²) in [5, 5.41) is 11.5. The Kier molecular flexibility index (Phi) is 3.06. The van der Waals surface area contributed by atoms with Gasteiger partial charge in [0.15, 0.2) is 23.3 Å². The van der Waals surface area contributed by atoms with Crippen molar-refractivity contribution in [2.75, 3.05) is 11.1 Å². The fourth-order valence-electron chi connectivity index (χ4n) is 1.39. The lowest BCUT2D eigenvalue weighted by molar-refractivity contribution is 0.581. The van der Waals surface area contributed by atoms with Gasteiger partial charge < -0.3 is 11.1 Å². The second kappa shape index (κ2) is 4.67. The van der Waals surface area contributed by atoms with Crippen LogP contribution in [0.4, 0.5) is 26.1 Å². The number of para-hydroxylation sites is 1. The van der Waals surface area contributed by atoms with Gasteiger partial charge in [0.25, 0.3) is 0 Å². The predicted octanol–water partition coefficient (Wildman–Crippen LogP) is 2.56. The summed E-state index contributed by atoms with van der Waals surface area (Å²) in [5.74, 6) is -2.44. The number of nitrogens with zero attached hydrogens (tertiary/aromatic N) is 2. The molecule has 0 aliphatic carbocycles. The first kappa shape index (κ1) is 11.8. The lowest BCUT2D eigenvalue weighted by Crippen LogP contribution is -2.03. The summed E-state index contributed by atoms with van der Waals surface area (Å²) in [5.41, 5.74) is 5.95. The van der Waals surface area contributed by atoms with Gasteiger partial charge in [-0.2, -0.15) is 5.26 Å². The van der Waals surface area contributed by atoms with Crippen LogP contribution in [0.3, 0.4) is 0 Å². The Morgan fingerprint density at radius 3 is 2.67 bits per heavy atom. The highest BCUT2D eigenvalue weighted by molar-refractivity contribution is 5.65. The number of benzene rings is 1. The van der Waals surface area contributed by atoms with Crippen LogP contribution >= 0.6 is 0 Å². The molecule has 0 atom stereocenters. The van der Waals surface area contributed by atoms with Crippen molar-refractivity contribution in [3.63, 3.8) is 0 Å². The van der Waals surface area contributed by atoms with Gasteiger partial charge in [0.2, 0.25) is 0 Å². The van der Waals surface area contributed by atoms with E-state index >= 15 is 0 Å². The Morgan fingerprint density at radius 2 is 1.94 bits per heavy atom. The summed E-state index contributed by atoms with van der Waals surface area (Å²) in [6.45, 7) is 0. The van der Waals surface area contributed by atoms with Crippen LogP contribution in [0, 0.1) is 23.0 Å². The van der Waals surface area contributed by atoms with E-state index in [-0.39, 0.29) is 5.82 Å². The summed E-state index contributed by atoms with van der Waals surface area (Å²) >= 11 is 0. The molecule has 0 saturated carbocycles. The summed E-state index contributed by atoms with van der Waals surface area (Å²) in [6, 6.07) is 9.07. The zero-order chi connectivity index (χ0) is 13.1. The average Bonchev–Trinajstić information content (AvgIpc) is 2.36. The molecule has 1 aromatic carbocycles. The van der Waals surface area contributed by atoms with Gasteiger partial charge in [-0.15, -0.1) is 0 Å². The van der Waals surface area contributed by atoms with Crippen molar-refractivity contribution < 1.29 is 8.78 Å². The van der Waals surface area contributed by atoms with Gasteiger partial charge >= 0.3 is 0 Å². The molecule has 0 radical (unpaired) electrons. The van der Waals surface area contributed by atoms with E-state index in [4.69, 9.17) is 11.0 Å². The molecule has 3 N–H and O–H groups in total. The van der Waals surface area contributed by atoms with E-state index in [0.29, 0.717) is 17.3 Å². The van der Waals surface area contributed by atoms with Crippen molar-refractivity contribution in [2.24, 2.45) is 0 Å². The zero-order valence-electron chi connectivity index (χ0n) is 9.11. The van der Waals surface area contributed by atoms with E-state index in [0.717, 1.165) is 0 Å². The maximum Gasteiger partial charge on any atom is 0.169 e. The van der Waals surface area contributed by atoms with Crippen LogP contribution in [-0.2, 0) is 0 Å². The van der Waals surface area contributed by atoms with E-state index in [2.05, 4.69) is 10.3 Å². The number of anilines is 3. The van der Waals surface area contributed by atoms with Gasteiger partial charge in [-0.3, -0.25) is 0 Å². The van der Waals surface area contributed by atoms with Crippen LogP contribution in [-0.4, -0.2) is 4.98 Å². The minimum Gasteiger partial charge on any atom is -0.381 e. The lowest BCUT2D eigenvalue weighted by Gasteiger charge is -2.09. The molecule has 0 bridgehead atoms. The van der Waals surface area contributed by atoms with Crippen LogP contribution in [0.5, 0.6) is 0 Å². The molecule has 1 aromatic heterocycles. The molecule has 0 unspecified atom stereocenters. The highest BCUT2D eigenvalue weighted by atomic mass is 19.1. The predicted molar refractivity (Wildman–Crippen MR) is 63.0 cm³/mol. The molecule has 0 aliphatic heterocycles. The van der Waals surface area contributed by atoms with Crippen LogP contribution in [0.25, 0.3) is 0 Å². The largest absolute Gasteiger partial charge is 0.381 e. The van der Waals surface area contributed by atoms with E-state index in [9.17, 15) is 8.78 Å². The molecule has 6 heteroatoms. The van der Waals surface area contributed by atoms with Crippen molar-refractivity contribution in [1.82, 2.24) is 4.98 Å². The van der Waals surface area contributed by atoms with Crippen molar-refractivity contribution in [2.45, 2.75) is 0 Å². The summed E-state index contributed by atoms with van der Waals surface area (Å²) in [6.07, 6.45) is 0. The molecule has 0 amide bonds. The fraction of sp³-hybridized carbons (Fsp3) is 0. The number of hydrogen-bond donors (Lipinski definition) is 2. The van der Waals surface area contributed by atoms with Crippen molar-refractivity contribution in [1.29, 1.82) is 5.26 Å². The molecule has 0 aliphatic rings. The number of nitrogens with two attached hydrogens (primary N) is 1. The number of nitrogens with one attached hydrogen (secondary N) is 1. The maximum absolute atomic E-state index is 13.4. The van der Waals surface area contributed by atoms with Gasteiger partial charge in [-0.25, -0.2) is 13.8 Å². The molecule has 0 fully saturated rings. The third-order valence-electron chi connectivity index (χ3n) is 2.26. The molecule has 2 aromatic rings. The van der Waals surface area contributed by atoms with Gasteiger partial charge in [0.05, 0.1) is 11.3 Å². The van der Waals surface area contributed by atoms with E-state index < -0.39 is 17.5 Å². The number of hydrogen-bond acceptors (Lipinski definition) is 4. The Balaban J connectivity index is 2.41. The van der Waals surface area contributed by atoms with Crippen LogP contribution in [0.2, 0.25) is 0 Å². The third-order valence-corrected chi connectivity index (χ3v) is 2.26. The van der Waals surface area contributed by atoms with Gasteiger partial charge in [0.1, 0.15) is 6.07 Å². The minimum atomic E-state index is -0.924. The highest BCUT2D eigenvalue weighted by Gasteiger charge is 2.11. The average molecular weight is 246 g/mol. The summed E-state index contributed by atoms with van der Waals surface area (Å²) in [7, 11) is 0. The van der Waals surface area contributed by atoms with Crippen molar-refractivity contribution in [3.8, 4) is 6.07 Å². The molecule has 18 heavy (non-hydrogen) atoms. The molecule has 4 nitrogen and oxygen atoms in total. The minimum absolute atomic E-state index is 0.225. The Bertz CT molecular complexity index is 634. The molecule has 90 valence electrons. The van der Waals surface area contributed by atoms with Crippen LogP contribution in [0.15, 0.2) is 30.3 Å². The molecule has 0 spiro atoms. The van der Waals surface area contributed by atoms with Crippen LogP contribution in [0.1, 0.15) is 5.56 Å². The van der Waals surface area contributed by atoms with Crippen molar-refractivity contribution in [3.05, 3.63) is 47.5 Å². The van der Waals surface area contributed by atoms with E-state index in [1.54, 1.807) is 24.3 Å². The van der Waals surface area contributed by atoms with E-state index in [1.807, 2.05) is 6.07 Å². The van der Waals surface area contributed by atoms with Crippen molar-refractivity contribution >= 4 is 17.3 Å². The molecule has 2 rings (SSSR count). The normalized spacial score (nSPS) is 9.83. The number of pyridine rings is 1. The number of aromatic nitrogens is 1. The molecular weight excluding hydrogens is 238 g/mol. The Morgan fingerprint density at radius 1 is 1.22 bits per heavy atom. The second-order valence-corrected chi connectivity index (χ2v) is 3.47. The first-order chi connectivity index (χ1) is 8.61. The maximum atomic E-state index is 13.4. The molecule has 1 heterocycles.